The minimum Gasteiger partial charge on any atom is -0.345 e. The highest BCUT2D eigenvalue weighted by molar-refractivity contribution is 7.89. The maximum absolute atomic E-state index is 12.3. The first kappa shape index (κ1) is 19.1. The van der Waals surface area contributed by atoms with E-state index < -0.39 is 10.0 Å². The van der Waals surface area contributed by atoms with Gasteiger partial charge in [-0.2, -0.15) is 0 Å². The summed E-state index contributed by atoms with van der Waals surface area (Å²) in [5.74, 6) is -0.00253. The van der Waals surface area contributed by atoms with Crippen molar-refractivity contribution in [2.24, 2.45) is 0 Å². The number of amides is 1. The van der Waals surface area contributed by atoms with Crippen LogP contribution in [0.4, 0.5) is 0 Å². The number of carbonyl (C=O) groups excluding carboxylic acids is 1. The maximum Gasteiger partial charge on any atom is 0.242 e. The van der Waals surface area contributed by atoms with E-state index in [0.29, 0.717) is 6.54 Å². The number of benzene rings is 1. The number of hydrogen-bond acceptors (Lipinski definition) is 4. The average Bonchev–Trinajstić information content (AvgIpc) is 2.60. The van der Waals surface area contributed by atoms with E-state index >= 15 is 0 Å². The topological polar surface area (TPSA) is 70.6 Å². The Morgan fingerprint density at radius 3 is 2.12 bits per heavy atom. The van der Waals surface area contributed by atoms with Gasteiger partial charge in [0, 0.05) is 40.1 Å². The van der Waals surface area contributed by atoms with Gasteiger partial charge in [0.15, 0.2) is 0 Å². The third-order valence-electron chi connectivity index (χ3n) is 3.97. The van der Waals surface area contributed by atoms with Crippen molar-refractivity contribution in [2.45, 2.75) is 17.7 Å². The van der Waals surface area contributed by atoms with Crippen molar-refractivity contribution in [1.29, 1.82) is 0 Å². The Hall–Kier alpha value is -2.25. The molecule has 1 amide bonds. The third-order valence-corrected chi connectivity index (χ3v) is 5.80. The summed E-state index contributed by atoms with van der Waals surface area (Å²) in [5.41, 5.74) is 1.92. The first-order valence-electron chi connectivity index (χ1n) is 7.95. The normalized spacial score (nSPS) is 11.5. The summed E-state index contributed by atoms with van der Waals surface area (Å²) >= 11 is 0. The summed E-state index contributed by atoms with van der Waals surface area (Å²) in [5, 5.41) is 0. The molecule has 0 saturated heterocycles. The molecule has 0 fully saturated rings. The molecular formula is C18H23N3O3S. The van der Waals surface area contributed by atoms with Gasteiger partial charge in [-0.25, -0.2) is 12.7 Å². The van der Waals surface area contributed by atoms with E-state index in [2.05, 4.69) is 4.98 Å². The molecule has 2 rings (SSSR count). The monoisotopic (exact) mass is 361 g/mol. The fraction of sp³-hybridized carbons (Fsp3) is 0.333. The molecule has 2 aromatic rings. The second kappa shape index (κ2) is 8.22. The molecule has 25 heavy (non-hydrogen) atoms. The smallest absolute Gasteiger partial charge is 0.242 e. The molecule has 1 aromatic heterocycles. The van der Waals surface area contributed by atoms with Crippen molar-refractivity contribution in [1.82, 2.24) is 14.2 Å². The van der Waals surface area contributed by atoms with Gasteiger partial charge in [0.25, 0.3) is 0 Å². The molecule has 0 aliphatic rings. The van der Waals surface area contributed by atoms with Gasteiger partial charge in [-0.3, -0.25) is 9.78 Å². The lowest BCUT2D eigenvalue weighted by atomic mass is 10.1. The molecule has 7 heteroatoms. The number of likely N-dealkylation sites (N-methyl/N-ethyl adjacent to an activating group) is 1. The first-order valence-corrected chi connectivity index (χ1v) is 9.39. The Balaban J connectivity index is 1.94. The van der Waals surface area contributed by atoms with Crippen LogP contribution in [0.2, 0.25) is 0 Å². The summed E-state index contributed by atoms with van der Waals surface area (Å²) in [7, 11) is 1.31. The molecule has 134 valence electrons. The third kappa shape index (κ3) is 5.11. The molecule has 6 nitrogen and oxygen atoms in total. The van der Waals surface area contributed by atoms with Crippen LogP contribution in [-0.2, 0) is 27.7 Å². The predicted molar refractivity (Wildman–Crippen MR) is 96.6 cm³/mol. The molecular weight excluding hydrogens is 338 g/mol. The van der Waals surface area contributed by atoms with Crippen molar-refractivity contribution >= 4 is 15.9 Å². The van der Waals surface area contributed by atoms with E-state index in [1.807, 2.05) is 12.1 Å². The van der Waals surface area contributed by atoms with Gasteiger partial charge >= 0.3 is 0 Å². The fourth-order valence-electron chi connectivity index (χ4n) is 2.27. The van der Waals surface area contributed by atoms with Crippen molar-refractivity contribution in [3.05, 3.63) is 59.9 Å². The zero-order valence-electron chi connectivity index (χ0n) is 14.7. The zero-order valence-corrected chi connectivity index (χ0v) is 15.5. The lowest BCUT2D eigenvalue weighted by molar-refractivity contribution is -0.129. The van der Waals surface area contributed by atoms with E-state index in [1.165, 1.54) is 30.5 Å². The molecule has 0 aliphatic carbocycles. The Morgan fingerprint density at radius 1 is 0.960 bits per heavy atom. The zero-order chi connectivity index (χ0) is 18.4. The van der Waals surface area contributed by atoms with Gasteiger partial charge in [-0.05, 0) is 41.8 Å². The van der Waals surface area contributed by atoms with Crippen molar-refractivity contribution < 1.29 is 13.2 Å². The van der Waals surface area contributed by atoms with Crippen molar-refractivity contribution in [3.8, 4) is 0 Å². The van der Waals surface area contributed by atoms with Gasteiger partial charge in [-0.1, -0.05) is 12.1 Å². The number of nitrogens with zero attached hydrogens (tertiary/aromatic N) is 3. The summed E-state index contributed by atoms with van der Waals surface area (Å²) < 4.78 is 25.2. The van der Waals surface area contributed by atoms with Crippen molar-refractivity contribution in [3.63, 3.8) is 0 Å². The highest BCUT2D eigenvalue weighted by atomic mass is 32.2. The molecule has 1 aromatic carbocycles. The molecule has 0 radical (unpaired) electrons. The predicted octanol–water partition coefficient (Wildman–Crippen LogP) is 1.58. The second-order valence-corrected chi connectivity index (χ2v) is 8.18. The molecule has 0 bridgehead atoms. The van der Waals surface area contributed by atoms with Gasteiger partial charge in [0.2, 0.25) is 15.9 Å². The molecule has 0 atom stereocenters. The van der Waals surface area contributed by atoms with E-state index in [1.54, 1.807) is 36.5 Å². The second-order valence-electron chi connectivity index (χ2n) is 6.03. The van der Waals surface area contributed by atoms with E-state index in [9.17, 15) is 13.2 Å². The minimum atomic E-state index is -3.44. The molecule has 0 unspecified atom stereocenters. The Bertz CT molecular complexity index is 803. The largest absolute Gasteiger partial charge is 0.345 e. The van der Waals surface area contributed by atoms with Gasteiger partial charge in [0.05, 0.1) is 11.3 Å². The number of rotatable bonds is 7. The SMILES string of the molecule is CN(CCc1ccncc1)C(=O)Cc1ccc(S(=O)(=O)N(C)C)cc1. The number of hydrogen-bond donors (Lipinski definition) is 0. The number of carbonyl (C=O) groups is 1. The molecule has 0 spiro atoms. The molecule has 0 N–H and O–H groups in total. The molecule has 0 aliphatic heterocycles. The quantitative estimate of drug-likeness (QED) is 0.751. The highest BCUT2D eigenvalue weighted by Crippen LogP contribution is 2.14. The van der Waals surface area contributed by atoms with Crippen LogP contribution in [0.5, 0.6) is 0 Å². The van der Waals surface area contributed by atoms with Gasteiger partial charge in [-0.15, -0.1) is 0 Å². The number of pyridine rings is 1. The van der Waals surface area contributed by atoms with Crippen LogP contribution in [0.25, 0.3) is 0 Å². The lowest BCUT2D eigenvalue weighted by Gasteiger charge is -2.17. The Morgan fingerprint density at radius 2 is 1.56 bits per heavy atom. The summed E-state index contributed by atoms with van der Waals surface area (Å²) in [6.07, 6.45) is 4.49. The Kier molecular flexibility index (Phi) is 6.27. The van der Waals surface area contributed by atoms with E-state index in [0.717, 1.165) is 17.5 Å². The van der Waals surface area contributed by atoms with Crippen LogP contribution in [0.3, 0.4) is 0 Å². The van der Waals surface area contributed by atoms with Crippen LogP contribution in [-0.4, -0.2) is 56.2 Å². The maximum atomic E-state index is 12.3. The number of sulfonamides is 1. The molecule has 0 saturated carbocycles. The summed E-state index contributed by atoms with van der Waals surface area (Å²) in [4.78, 5) is 18.2. The van der Waals surface area contributed by atoms with Crippen LogP contribution in [0.1, 0.15) is 11.1 Å². The summed E-state index contributed by atoms with van der Waals surface area (Å²) in [6, 6.07) is 10.3. The number of aromatic nitrogens is 1. The van der Waals surface area contributed by atoms with Crippen LogP contribution in [0.15, 0.2) is 53.7 Å². The van der Waals surface area contributed by atoms with Crippen LogP contribution >= 0.6 is 0 Å². The van der Waals surface area contributed by atoms with E-state index in [4.69, 9.17) is 0 Å². The highest BCUT2D eigenvalue weighted by Gasteiger charge is 2.17. The first-order chi connectivity index (χ1) is 11.8. The van der Waals surface area contributed by atoms with Gasteiger partial charge < -0.3 is 4.90 Å². The van der Waals surface area contributed by atoms with Crippen LogP contribution in [0, 0.1) is 0 Å². The van der Waals surface area contributed by atoms with Crippen molar-refractivity contribution in [2.75, 3.05) is 27.7 Å². The van der Waals surface area contributed by atoms with E-state index in [-0.39, 0.29) is 17.2 Å². The minimum absolute atomic E-state index is 0.00253. The average molecular weight is 361 g/mol. The molecule has 1 heterocycles. The summed E-state index contributed by atoms with van der Waals surface area (Å²) in [6.45, 7) is 0.621. The Labute approximate surface area is 149 Å². The lowest BCUT2D eigenvalue weighted by Crippen LogP contribution is -2.30. The standard InChI is InChI=1S/C18H23N3O3S/c1-20(2)25(23,24)17-6-4-16(5-7-17)14-18(22)21(3)13-10-15-8-11-19-12-9-15/h4-9,11-12H,10,13-14H2,1-3H3. The fourth-order valence-corrected chi connectivity index (χ4v) is 3.17. The van der Waals surface area contributed by atoms with Gasteiger partial charge in [0.1, 0.15) is 0 Å². The van der Waals surface area contributed by atoms with Crippen LogP contribution < -0.4 is 0 Å².